The molecule has 1 saturated carbocycles. The number of piperidine rings is 2. The zero-order chi connectivity index (χ0) is 29.9. The third-order valence-corrected chi connectivity index (χ3v) is 8.92. The van der Waals surface area contributed by atoms with E-state index in [0.29, 0.717) is 25.3 Å². The molecule has 4 fully saturated rings. The highest BCUT2D eigenvalue weighted by Crippen LogP contribution is 2.49. The molecule has 2 aromatic rings. The maximum absolute atomic E-state index is 15.1. The third kappa shape index (κ3) is 5.43. The predicted molar refractivity (Wildman–Crippen MR) is 136 cm³/mol. The number of rotatable bonds is 7. The number of benzene rings is 1. The van der Waals surface area contributed by atoms with E-state index in [4.69, 9.17) is 0 Å². The lowest BCUT2D eigenvalue weighted by atomic mass is 9.71. The molecule has 6 rings (SSSR count). The van der Waals surface area contributed by atoms with Gasteiger partial charge in [0.05, 0.1) is 17.5 Å². The highest BCUT2D eigenvalue weighted by molar-refractivity contribution is 7.94. The first kappa shape index (κ1) is 29.0. The van der Waals surface area contributed by atoms with Gasteiger partial charge in [-0.05, 0) is 50.0 Å². The van der Waals surface area contributed by atoms with Gasteiger partial charge in [0.1, 0.15) is 23.4 Å². The van der Waals surface area contributed by atoms with Gasteiger partial charge in [-0.25, -0.2) is 26.0 Å². The number of aromatic nitrogens is 1. The monoisotopic (exact) mass is 602 g/mol. The van der Waals surface area contributed by atoms with Crippen LogP contribution in [0.3, 0.4) is 0 Å². The number of alkyl halides is 2. The minimum absolute atomic E-state index is 0.112. The Morgan fingerprint density at radius 1 is 1.20 bits per heavy atom. The summed E-state index contributed by atoms with van der Waals surface area (Å²) in [6.45, 7) is 0.314. The van der Waals surface area contributed by atoms with Gasteiger partial charge in [0.15, 0.2) is 0 Å². The number of hydrogen-bond donors (Lipinski definition) is 3. The molecule has 15 heteroatoms. The molecule has 0 spiro atoms. The van der Waals surface area contributed by atoms with Gasteiger partial charge < -0.3 is 20.5 Å². The molecule has 5 atom stereocenters. The zero-order valence-electron chi connectivity index (χ0n) is 21.7. The van der Waals surface area contributed by atoms with Crippen LogP contribution in [0.1, 0.15) is 42.6 Å². The van der Waals surface area contributed by atoms with Crippen molar-refractivity contribution in [1.82, 2.24) is 20.5 Å². The van der Waals surface area contributed by atoms with Crippen LogP contribution in [0, 0.1) is 23.5 Å². The van der Waals surface area contributed by atoms with Gasteiger partial charge in [0.2, 0.25) is 26.8 Å². The van der Waals surface area contributed by atoms with Crippen molar-refractivity contribution in [2.45, 2.75) is 56.2 Å². The normalized spacial score (nSPS) is 26.7. The highest BCUT2D eigenvalue weighted by Gasteiger charge is 2.60. The molecule has 1 aliphatic carbocycles. The van der Waals surface area contributed by atoms with Crippen molar-refractivity contribution in [3.05, 3.63) is 46.8 Å². The van der Waals surface area contributed by atoms with Crippen LogP contribution in [0.5, 0.6) is 0 Å². The molecule has 3 amide bonds. The van der Waals surface area contributed by atoms with E-state index in [1.165, 1.54) is 0 Å². The third-order valence-electron chi connectivity index (χ3n) is 8.07. The van der Waals surface area contributed by atoms with Crippen LogP contribution in [-0.2, 0) is 19.4 Å². The number of sulfone groups is 1. The van der Waals surface area contributed by atoms with Crippen LogP contribution in [-0.4, -0.2) is 72.9 Å². The molecule has 0 radical (unpaired) electrons. The Balaban J connectivity index is 1.49. The SMILES string of the molecule is CS(=O)(=O)/C(F)=C/[C@@H](C[C@H]1CCNC1=O)NC(=O)[C@H]1[C@@H]2CC[C@@H](CC2(F)F)N1C(=O)c1cc2c(F)ccc(F)c2[nH]1. The van der Waals surface area contributed by atoms with E-state index in [2.05, 4.69) is 15.6 Å². The van der Waals surface area contributed by atoms with Crippen molar-refractivity contribution in [2.75, 3.05) is 12.8 Å². The maximum atomic E-state index is 15.1. The number of nitrogens with zero attached hydrogens (tertiary/aromatic N) is 1. The molecule has 3 aliphatic heterocycles. The summed E-state index contributed by atoms with van der Waals surface area (Å²) in [5.74, 6) is -9.77. The largest absolute Gasteiger partial charge is 0.356 e. The number of H-pyrrole nitrogens is 1. The number of aromatic amines is 1. The summed E-state index contributed by atoms with van der Waals surface area (Å²) in [6, 6.07) is -1.48. The Labute approximate surface area is 231 Å². The van der Waals surface area contributed by atoms with Gasteiger partial charge in [-0.1, -0.05) is 0 Å². The van der Waals surface area contributed by atoms with Gasteiger partial charge in [0, 0.05) is 36.6 Å². The molecule has 0 unspecified atom stereocenters. The van der Waals surface area contributed by atoms with Crippen molar-refractivity contribution in [1.29, 1.82) is 0 Å². The number of carbonyl (C=O) groups is 3. The number of amides is 3. The molecule has 1 aromatic carbocycles. The minimum atomic E-state index is -4.32. The fourth-order valence-corrected chi connectivity index (χ4v) is 6.51. The summed E-state index contributed by atoms with van der Waals surface area (Å²) in [7, 11) is -4.32. The molecule has 4 aliphatic rings. The number of carbonyl (C=O) groups excluding carboxylic acids is 3. The summed E-state index contributed by atoms with van der Waals surface area (Å²) in [6.07, 6.45) is 0.618. The first-order chi connectivity index (χ1) is 19.2. The van der Waals surface area contributed by atoms with Crippen molar-refractivity contribution in [3.8, 4) is 0 Å². The van der Waals surface area contributed by atoms with E-state index >= 15 is 8.78 Å². The van der Waals surface area contributed by atoms with Gasteiger partial charge in [-0.3, -0.25) is 14.4 Å². The lowest BCUT2D eigenvalue weighted by Gasteiger charge is -2.53. The highest BCUT2D eigenvalue weighted by atomic mass is 32.2. The van der Waals surface area contributed by atoms with Crippen LogP contribution in [0.2, 0.25) is 0 Å². The summed E-state index contributed by atoms with van der Waals surface area (Å²) >= 11 is 0. The van der Waals surface area contributed by atoms with E-state index in [1.807, 2.05) is 0 Å². The average molecular weight is 603 g/mol. The second-order valence-electron chi connectivity index (χ2n) is 10.8. The van der Waals surface area contributed by atoms with Gasteiger partial charge in [-0.2, -0.15) is 4.39 Å². The standard InChI is InChI=1S/C26H27F5N4O5S/c1-41(39,40)20(29)9-13(8-12-6-7-32-23(12)36)33-24(37)22-16-3-2-14(11-26(16,30)31)35(22)25(38)19-10-15-17(27)4-5-18(28)21(15)34-19/h4-5,9-10,12-14,16,22,34H,2-3,6-8,11H2,1H3,(H,32,36)(H,33,37)/b20-9+/t12-,13-,14+,16+,22-/m1/s1. The Morgan fingerprint density at radius 2 is 1.90 bits per heavy atom. The van der Waals surface area contributed by atoms with E-state index in [-0.39, 0.29) is 35.9 Å². The van der Waals surface area contributed by atoms with Crippen molar-refractivity contribution >= 4 is 38.5 Å². The smallest absolute Gasteiger partial charge is 0.271 e. The Bertz CT molecular complexity index is 1520. The van der Waals surface area contributed by atoms with E-state index in [9.17, 15) is 36.0 Å². The van der Waals surface area contributed by atoms with E-state index < -0.39 is 86.7 Å². The lowest BCUT2D eigenvalue weighted by molar-refractivity contribution is -0.179. The summed E-state index contributed by atoms with van der Waals surface area (Å²) < 4.78 is 96.6. The Morgan fingerprint density at radius 3 is 2.51 bits per heavy atom. The van der Waals surface area contributed by atoms with E-state index in [1.54, 1.807) is 0 Å². The van der Waals surface area contributed by atoms with Crippen LogP contribution >= 0.6 is 0 Å². The zero-order valence-corrected chi connectivity index (χ0v) is 22.5. The molecule has 222 valence electrons. The second kappa shape index (κ2) is 10.4. The fraction of sp³-hybridized carbons (Fsp3) is 0.500. The topological polar surface area (TPSA) is 128 Å². The molecule has 41 heavy (non-hydrogen) atoms. The Hall–Kier alpha value is -3.49. The average Bonchev–Trinajstić information content (AvgIpc) is 3.52. The molecule has 2 bridgehead atoms. The van der Waals surface area contributed by atoms with Gasteiger partial charge in [0.25, 0.3) is 11.8 Å². The van der Waals surface area contributed by atoms with Crippen molar-refractivity contribution in [2.24, 2.45) is 11.8 Å². The summed E-state index contributed by atoms with van der Waals surface area (Å²) in [4.78, 5) is 42.8. The first-order valence-corrected chi connectivity index (χ1v) is 14.9. The first-order valence-electron chi connectivity index (χ1n) is 13.0. The van der Waals surface area contributed by atoms with E-state index in [0.717, 1.165) is 23.1 Å². The molecule has 4 heterocycles. The molecule has 1 aromatic heterocycles. The Kier molecular flexibility index (Phi) is 7.37. The van der Waals surface area contributed by atoms with Crippen LogP contribution < -0.4 is 10.6 Å². The van der Waals surface area contributed by atoms with Crippen molar-refractivity contribution < 1.29 is 44.8 Å². The molecule has 9 nitrogen and oxygen atoms in total. The molecule has 3 N–H and O–H groups in total. The van der Waals surface area contributed by atoms with Crippen LogP contribution in [0.25, 0.3) is 10.9 Å². The quantitative estimate of drug-likeness (QED) is 0.420. The fourth-order valence-electron chi connectivity index (χ4n) is 6.10. The van der Waals surface area contributed by atoms with Crippen LogP contribution in [0.15, 0.2) is 29.4 Å². The second-order valence-corrected chi connectivity index (χ2v) is 12.8. The number of nitrogens with one attached hydrogen (secondary N) is 3. The van der Waals surface area contributed by atoms with Crippen LogP contribution in [0.4, 0.5) is 22.0 Å². The number of halogens is 5. The molecular weight excluding hydrogens is 575 g/mol. The lowest BCUT2D eigenvalue weighted by Crippen LogP contribution is -2.68. The van der Waals surface area contributed by atoms with Gasteiger partial charge in [-0.15, -0.1) is 0 Å². The predicted octanol–water partition coefficient (Wildman–Crippen LogP) is 2.94. The number of hydrogen-bond acceptors (Lipinski definition) is 5. The molecular formula is C26H27F5N4O5S. The van der Waals surface area contributed by atoms with Gasteiger partial charge >= 0.3 is 0 Å². The summed E-state index contributed by atoms with van der Waals surface area (Å²) in [5.41, 5.74) is -0.627. The molecule has 3 saturated heterocycles. The summed E-state index contributed by atoms with van der Waals surface area (Å²) in [5, 5.41) is 3.14. The number of fused-ring (bicyclic) bond motifs is 4. The van der Waals surface area contributed by atoms with Crippen molar-refractivity contribution in [3.63, 3.8) is 0 Å². The minimum Gasteiger partial charge on any atom is -0.356 e. The maximum Gasteiger partial charge on any atom is 0.271 e.